The highest BCUT2D eigenvalue weighted by Gasteiger charge is 2.31. The molecule has 1 atom stereocenters. The van der Waals surface area contributed by atoms with Crippen LogP contribution in [-0.2, 0) is 14.8 Å². The van der Waals surface area contributed by atoms with E-state index in [9.17, 15) is 13.2 Å². The molecule has 1 saturated heterocycles. The van der Waals surface area contributed by atoms with E-state index in [4.69, 9.17) is 0 Å². The van der Waals surface area contributed by atoms with Gasteiger partial charge < -0.3 is 15.1 Å². The summed E-state index contributed by atoms with van der Waals surface area (Å²) in [6.07, 6.45) is 0. The fraction of sp³-hybridized carbons (Fsp3) is 0.467. The number of amides is 1. The Morgan fingerprint density at radius 1 is 1.42 bits per heavy atom. The summed E-state index contributed by atoms with van der Waals surface area (Å²) in [5, 5.41) is 3.29. The van der Waals surface area contributed by atoms with Crippen molar-refractivity contribution in [3.05, 3.63) is 29.8 Å². The molecule has 2 aliphatic heterocycles. The molecular weight excluding hydrogens is 352 g/mol. The molecule has 1 N–H and O–H groups in total. The predicted octanol–water partition coefficient (Wildman–Crippen LogP) is 0.309. The van der Waals surface area contributed by atoms with Gasteiger partial charge in [0.05, 0.1) is 6.54 Å². The molecule has 1 amide bonds. The van der Waals surface area contributed by atoms with Gasteiger partial charge in [0.25, 0.3) is 10.0 Å². The lowest BCUT2D eigenvalue weighted by molar-refractivity contribution is -0.132. The van der Waals surface area contributed by atoms with Crippen LogP contribution in [0.3, 0.4) is 0 Å². The molecule has 0 saturated carbocycles. The first kappa shape index (κ1) is 18.7. The van der Waals surface area contributed by atoms with Crippen LogP contribution in [0, 0.1) is 0 Å². The van der Waals surface area contributed by atoms with Gasteiger partial charge in [0.1, 0.15) is 4.90 Å². The molecule has 0 aliphatic carbocycles. The molecule has 1 aromatic rings. The number of carbonyl (C=O) groups is 1. The van der Waals surface area contributed by atoms with Crippen LogP contribution in [0.15, 0.2) is 33.6 Å². The normalized spacial score (nSPS) is 21.5. The first-order valence-corrected chi connectivity index (χ1v) is 8.99. The van der Waals surface area contributed by atoms with Gasteiger partial charge in [0, 0.05) is 38.3 Å². The number of carbonyl (C=O) groups excluding carboxylic acids is 1. The number of fused-ring (bicyclic) bond motifs is 1. The van der Waals surface area contributed by atoms with Crippen molar-refractivity contribution in [3.63, 3.8) is 0 Å². The van der Waals surface area contributed by atoms with E-state index in [2.05, 4.69) is 9.71 Å². The van der Waals surface area contributed by atoms with Gasteiger partial charge in [-0.05, 0) is 19.1 Å². The number of hydrogen-bond donors (Lipinski definition) is 1. The van der Waals surface area contributed by atoms with Crippen LogP contribution in [0.1, 0.15) is 12.5 Å². The second-order valence-corrected chi connectivity index (χ2v) is 7.51. The number of likely N-dealkylation sites (N-methyl/N-ethyl adjacent to an activating group) is 1. The first-order valence-electron chi connectivity index (χ1n) is 7.55. The molecule has 1 fully saturated rings. The van der Waals surface area contributed by atoms with Gasteiger partial charge >= 0.3 is 0 Å². The zero-order valence-corrected chi connectivity index (χ0v) is 15.2. The zero-order chi connectivity index (χ0) is 16.6. The van der Waals surface area contributed by atoms with Crippen LogP contribution in [0.2, 0.25) is 0 Å². The van der Waals surface area contributed by atoms with Crippen molar-refractivity contribution in [2.75, 3.05) is 33.2 Å². The minimum absolute atomic E-state index is 0. The topological polar surface area (TPSA) is 82.1 Å². The third kappa shape index (κ3) is 3.55. The van der Waals surface area contributed by atoms with Crippen molar-refractivity contribution >= 4 is 34.2 Å². The number of nitrogens with zero attached hydrogens (tertiary/aromatic N) is 3. The van der Waals surface area contributed by atoms with E-state index in [0.717, 1.165) is 6.54 Å². The van der Waals surface area contributed by atoms with Crippen molar-refractivity contribution in [3.8, 4) is 0 Å². The molecule has 0 aromatic heterocycles. The SMILES string of the molecule is CC1CN(C(=O)CN(C)C2=NS(=O)(=O)c3ccccc32)CCN1.Cl. The Hall–Kier alpha value is -1.64. The maximum absolute atomic E-state index is 12.4. The van der Waals surface area contributed by atoms with E-state index in [1.165, 1.54) is 6.07 Å². The minimum Gasteiger partial charge on any atom is -0.349 e. The number of rotatable bonds is 2. The summed E-state index contributed by atoms with van der Waals surface area (Å²) in [5.41, 5.74) is 0.552. The Labute approximate surface area is 148 Å². The molecule has 2 heterocycles. The molecule has 132 valence electrons. The second kappa shape index (κ2) is 7.08. The Morgan fingerprint density at radius 3 is 2.83 bits per heavy atom. The Kier molecular flexibility index (Phi) is 5.52. The van der Waals surface area contributed by atoms with Crippen molar-refractivity contribution in [1.82, 2.24) is 15.1 Å². The maximum atomic E-state index is 12.4. The number of hydrogen-bond acceptors (Lipinski definition) is 5. The Morgan fingerprint density at radius 2 is 2.12 bits per heavy atom. The number of halogens is 1. The molecule has 0 bridgehead atoms. The maximum Gasteiger partial charge on any atom is 0.285 e. The van der Waals surface area contributed by atoms with Crippen LogP contribution in [0.4, 0.5) is 0 Å². The summed E-state index contributed by atoms with van der Waals surface area (Å²) in [6.45, 7) is 4.24. The quantitative estimate of drug-likeness (QED) is 0.808. The van der Waals surface area contributed by atoms with Gasteiger partial charge in [0.2, 0.25) is 5.91 Å². The Balaban J connectivity index is 0.00000208. The van der Waals surface area contributed by atoms with Gasteiger partial charge in [-0.15, -0.1) is 16.8 Å². The highest BCUT2D eigenvalue weighted by molar-refractivity contribution is 7.90. The van der Waals surface area contributed by atoms with Crippen molar-refractivity contribution in [2.45, 2.75) is 17.9 Å². The average molecular weight is 373 g/mol. The Bertz CT molecular complexity index is 766. The van der Waals surface area contributed by atoms with Crippen molar-refractivity contribution in [1.29, 1.82) is 0 Å². The standard InChI is InChI=1S/C15H20N4O3S.ClH/c1-11-9-19(8-7-16-11)14(20)10-18(2)15-12-5-3-4-6-13(12)23(21,22)17-15;/h3-6,11,16H,7-10H2,1-2H3;1H. The van der Waals surface area contributed by atoms with Gasteiger partial charge in [-0.25, -0.2) is 0 Å². The van der Waals surface area contributed by atoms with Gasteiger partial charge in [0.15, 0.2) is 5.84 Å². The van der Waals surface area contributed by atoms with Crippen LogP contribution in [-0.4, -0.2) is 69.2 Å². The molecule has 24 heavy (non-hydrogen) atoms. The third-order valence-corrected chi connectivity index (χ3v) is 5.39. The fourth-order valence-corrected chi connectivity index (χ4v) is 4.15. The minimum atomic E-state index is -3.66. The summed E-state index contributed by atoms with van der Waals surface area (Å²) >= 11 is 0. The first-order chi connectivity index (χ1) is 10.9. The summed E-state index contributed by atoms with van der Waals surface area (Å²) in [7, 11) is -1.96. The molecule has 1 unspecified atom stereocenters. The molecule has 0 spiro atoms. The van der Waals surface area contributed by atoms with Crippen LogP contribution in [0.5, 0.6) is 0 Å². The zero-order valence-electron chi connectivity index (χ0n) is 13.6. The summed E-state index contributed by atoms with van der Waals surface area (Å²) in [6, 6.07) is 6.95. The molecule has 0 radical (unpaired) electrons. The number of piperazine rings is 1. The third-order valence-electron chi connectivity index (χ3n) is 4.07. The van der Waals surface area contributed by atoms with Gasteiger partial charge in [-0.1, -0.05) is 12.1 Å². The highest BCUT2D eigenvalue weighted by Crippen LogP contribution is 2.26. The predicted molar refractivity (Wildman–Crippen MR) is 94.1 cm³/mol. The summed E-state index contributed by atoms with van der Waals surface area (Å²) in [5.74, 6) is 0.308. The largest absolute Gasteiger partial charge is 0.349 e. The van der Waals surface area contributed by atoms with Crippen LogP contribution < -0.4 is 5.32 Å². The summed E-state index contributed by atoms with van der Waals surface area (Å²) < 4.78 is 28.0. The van der Waals surface area contributed by atoms with E-state index in [1.54, 1.807) is 35.0 Å². The lowest BCUT2D eigenvalue weighted by Crippen LogP contribution is -2.53. The number of sulfonamides is 1. The highest BCUT2D eigenvalue weighted by atomic mass is 35.5. The second-order valence-electron chi connectivity index (χ2n) is 5.94. The summed E-state index contributed by atoms with van der Waals surface area (Å²) in [4.78, 5) is 16.0. The van der Waals surface area contributed by atoms with Crippen molar-refractivity contribution in [2.24, 2.45) is 4.40 Å². The fourth-order valence-electron chi connectivity index (χ4n) is 2.90. The molecular formula is C15H21ClN4O3S. The van der Waals surface area contributed by atoms with Crippen LogP contribution in [0.25, 0.3) is 0 Å². The van der Waals surface area contributed by atoms with E-state index in [0.29, 0.717) is 24.5 Å². The average Bonchev–Trinajstić information content (AvgIpc) is 2.79. The monoisotopic (exact) mass is 372 g/mol. The molecule has 2 aliphatic rings. The van der Waals surface area contributed by atoms with Gasteiger partial charge in [-0.2, -0.15) is 8.42 Å². The lowest BCUT2D eigenvalue weighted by Gasteiger charge is -2.33. The van der Waals surface area contributed by atoms with Crippen LogP contribution >= 0.6 is 12.4 Å². The molecule has 3 rings (SSSR count). The molecule has 1 aromatic carbocycles. The number of benzene rings is 1. The molecule has 7 nitrogen and oxygen atoms in total. The molecule has 9 heteroatoms. The van der Waals surface area contributed by atoms with E-state index in [1.807, 2.05) is 6.92 Å². The van der Waals surface area contributed by atoms with E-state index < -0.39 is 10.0 Å². The number of nitrogens with one attached hydrogen (secondary N) is 1. The lowest BCUT2D eigenvalue weighted by atomic mass is 10.2. The van der Waals surface area contributed by atoms with Gasteiger partial charge in [-0.3, -0.25) is 4.79 Å². The smallest absolute Gasteiger partial charge is 0.285 e. The number of amidine groups is 1. The van der Waals surface area contributed by atoms with E-state index >= 15 is 0 Å². The van der Waals surface area contributed by atoms with E-state index in [-0.39, 0.29) is 35.8 Å². The van der Waals surface area contributed by atoms with Crippen molar-refractivity contribution < 1.29 is 13.2 Å².